The molecule has 118 valence electrons. The van der Waals surface area contributed by atoms with Crippen molar-refractivity contribution < 1.29 is 18.6 Å². The van der Waals surface area contributed by atoms with E-state index >= 15 is 0 Å². The van der Waals surface area contributed by atoms with Crippen LogP contribution in [0.5, 0.6) is 0 Å². The third-order valence-corrected chi connectivity index (χ3v) is 3.98. The number of carbonyl (C=O) groups is 1. The first kappa shape index (κ1) is 15.0. The van der Waals surface area contributed by atoms with Gasteiger partial charge < -0.3 is 13.7 Å². The molecule has 3 aromatic heterocycles. The molecular weight excluding hydrogens is 320 g/mol. The van der Waals surface area contributed by atoms with Crippen LogP contribution in [-0.2, 0) is 13.1 Å². The molecule has 0 bridgehead atoms. The summed E-state index contributed by atoms with van der Waals surface area (Å²) in [6, 6.07) is 9.79. The number of hydrogen-bond donors (Lipinski definition) is 0. The number of furan rings is 2. The van der Waals surface area contributed by atoms with Gasteiger partial charge in [-0.15, -0.1) is 11.3 Å². The summed E-state index contributed by atoms with van der Waals surface area (Å²) in [5.74, 6) is -0.332. The van der Waals surface area contributed by atoms with Crippen LogP contribution in [0.2, 0.25) is 0 Å². The molecule has 0 aliphatic rings. The average molecular weight is 332 g/mol. The number of amides is 1. The Balaban J connectivity index is 1.83. The molecule has 0 N–H and O–H groups in total. The molecular formula is C15H12N2O5S. The van der Waals surface area contributed by atoms with E-state index in [0.717, 1.165) is 4.88 Å². The third kappa shape index (κ3) is 3.49. The summed E-state index contributed by atoms with van der Waals surface area (Å²) in [7, 11) is 0. The standard InChI is InChI=1S/C15H12N2O5S/c18-15(13-5-6-14(22-13)17(19)20)16(9-11-3-1-7-21-11)10-12-4-2-8-23-12/h1-8H,9-10H2. The molecule has 1 amide bonds. The molecule has 0 aliphatic carbocycles. The van der Waals surface area contributed by atoms with Crippen molar-refractivity contribution in [1.82, 2.24) is 4.90 Å². The molecule has 0 fully saturated rings. The van der Waals surface area contributed by atoms with Gasteiger partial charge in [0.2, 0.25) is 0 Å². The minimum atomic E-state index is -0.674. The highest BCUT2D eigenvalue weighted by Gasteiger charge is 2.23. The molecule has 0 unspecified atom stereocenters. The number of thiophene rings is 1. The van der Waals surface area contributed by atoms with Gasteiger partial charge in [-0.3, -0.25) is 14.9 Å². The van der Waals surface area contributed by atoms with E-state index in [1.165, 1.54) is 34.6 Å². The maximum Gasteiger partial charge on any atom is 0.433 e. The summed E-state index contributed by atoms with van der Waals surface area (Å²) < 4.78 is 10.3. The quantitative estimate of drug-likeness (QED) is 0.507. The first-order chi connectivity index (χ1) is 11.1. The van der Waals surface area contributed by atoms with Crippen LogP contribution in [0.4, 0.5) is 5.88 Å². The number of rotatable bonds is 6. The molecule has 8 heteroatoms. The third-order valence-electron chi connectivity index (χ3n) is 3.12. The highest BCUT2D eigenvalue weighted by Crippen LogP contribution is 2.21. The Bertz CT molecular complexity index is 756. The topological polar surface area (TPSA) is 89.7 Å². The predicted octanol–water partition coefficient (Wildman–Crippen LogP) is 3.68. The van der Waals surface area contributed by atoms with Crippen molar-refractivity contribution in [3.05, 3.63) is 74.6 Å². The molecule has 0 atom stereocenters. The lowest BCUT2D eigenvalue weighted by atomic mass is 10.3. The van der Waals surface area contributed by atoms with Crippen LogP contribution >= 0.6 is 11.3 Å². The van der Waals surface area contributed by atoms with Gasteiger partial charge >= 0.3 is 5.88 Å². The van der Waals surface area contributed by atoms with Crippen molar-refractivity contribution >= 4 is 23.1 Å². The zero-order chi connectivity index (χ0) is 16.2. The van der Waals surface area contributed by atoms with Crippen LogP contribution in [0, 0.1) is 10.1 Å². The van der Waals surface area contributed by atoms with E-state index in [1.807, 2.05) is 17.5 Å². The highest BCUT2D eigenvalue weighted by molar-refractivity contribution is 7.09. The van der Waals surface area contributed by atoms with E-state index < -0.39 is 16.7 Å². The van der Waals surface area contributed by atoms with Crippen molar-refractivity contribution in [2.75, 3.05) is 0 Å². The summed E-state index contributed by atoms with van der Waals surface area (Å²) in [5.41, 5.74) is 0. The van der Waals surface area contributed by atoms with Crippen molar-refractivity contribution in [3.8, 4) is 0 Å². The summed E-state index contributed by atoms with van der Waals surface area (Å²) in [6.07, 6.45) is 1.53. The lowest BCUT2D eigenvalue weighted by molar-refractivity contribution is -0.402. The van der Waals surface area contributed by atoms with Crippen LogP contribution in [0.1, 0.15) is 21.2 Å². The second-order valence-electron chi connectivity index (χ2n) is 4.71. The van der Waals surface area contributed by atoms with E-state index in [4.69, 9.17) is 8.83 Å². The SMILES string of the molecule is O=C(c1ccc([N+](=O)[O-])o1)N(Cc1ccco1)Cc1cccs1. The van der Waals surface area contributed by atoms with E-state index in [1.54, 1.807) is 12.1 Å². The van der Waals surface area contributed by atoms with E-state index in [-0.39, 0.29) is 12.3 Å². The molecule has 0 spiro atoms. The van der Waals surface area contributed by atoms with E-state index in [2.05, 4.69) is 0 Å². The molecule has 0 aromatic carbocycles. The van der Waals surface area contributed by atoms with Gasteiger partial charge in [0.15, 0.2) is 5.76 Å². The number of nitrogens with zero attached hydrogens (tertiary/aromatic N) is 2. The fourth-order valence-corrected chi connectivity index (χ4v) is 2.80. The Labute approximate surface area is 134 Å². The number of hydrogen-bond acceptors (Lipinski definition) is 6. The number of nitro groups is 1. The van der Waals surface area contributed by atoms with Crippen molar-refractivity contribution in [3.63, 3.8) is 0 Å². The zero-order valence-corrected chi connectivity index (χ0v) is 12.7. The Morgan fingerprint density at radius 1 is 1.22 bits per heavy atom. The Hall–Kier alpha value is -2.87. The Kier molecular flexibility index (Phi) is 4.24. The molecule has 0 saturated heterocycles. The summed E-state index contributed by atoms with van der Waals surface area (Å²) in [6.45, 7) is 0.615. The Morgan fingerprint density at radius 3 is 2.70 bits per heavy atom. The maximum absolute atomic E-state index is 12.6. The van der Waals surface area contributed by atoms with Gasteiger partial charge in [-0.05, 0) is 29.6 Å². The minimum Gasteiger partial charge on any atom is -0.467 e. The van der Waals surface area contributed by atoms with Gasteiger partial charge in [-0.1, -0.05) is 6.07 Å². The molecule has 7 nitrogen and oxygen atoms in total. The average Bonchev–Trinajstić information content (AvgIpc) is 3.28. The fraction of sp³-hybridized carbons (Fsp3) is 0.133. The second kappa shape index (κ2) is 6.49. The van der Waals surface area contributed by atoms with Crippen LogP contribution in [-0.4, -0.2) is 15.7 Å². The first-order valence-corrected chi connectivity index (χ1v) is 7.59. The molecule has 0 saturated carbocycles. The van der Waals surface area contributed by atoms with Crippen LogP contribution in [0.15, 0.2) is 56.9 Å². The lowest BCUT2D eigenvalue weighted by Gasteiger charge is -2.19. The van der Waals surface area contributed by atoms with Gasteiger partial charge in [0.25, 0.3) is 5.91 Å². The number of carbonyl (C=O) groups excluding carboxylic acids is 1. The maximum atomic E-state index is 12.6. The molecule has 3 rings (SSSR count). The van der Waals surface area contributed by atoms with Crippen molar-refractivity contribution in [1.29, 1.82) is 0 Å². The predicted molar refractivity (Wildman–Crippen MR) is 82.0 cm³/mol. The molecule has 3 heterocycles. The van der Waals surface area contributed by atoms with Crippen molar-refractivity contribution in [2.45, 2.75) is 13.1 Å². The van der Waals surface area contributed by atoms with Crippen LogP contribution in [0.3, 0.4) is 0 Å². The van der Waals surface area contributed by atoms with Gasteiger partial charge in [0.1, 0.15) is 10.7 Å². The van der Waals surface area contributed by atoms with E-state index in [9.17, 15) is 14.9 Å². The molecule has 0 radical (unpaired) electrons. The summed E-state index contributed by atoms with van der Waals surface area (Å²) >= 11 is 1.52. The minimum absolute atomic E-state index is 0.0696. The van der Waals surface area contributed by atoms with Crippen molar-refractivity contribution in [2.24, 2.45) is 0 Å². The van der Waals surface area contributed by atoms with Gasteiger partial charge in [0, 0.05) is 4.88 Å². The molecule has 0 aliphatic heterocycles. The van der Waals surface area contributed by atoms with Crippen LogP contribution in [0.25, 0.3) is 0 Å². The monoisotopic (exact) mass is 332 g/mol. The normalized spacial score (nSPS) is 10.6. The van der Waals surface area contributed by atoms with E-state index in [0.29, 0.717) is 12.3 Å². The zero-order valence-electron chi connectivity index (χ0n) is 11.9. The molecule has 23 heavy (non-hydrogen) atoms. The second-order valence-corrected chi connectivity index (χ2v) is 5.75. The molecule has 3 aromatic rings. The lowest BCUT2D eigenvalue weighted by Crippen LogP contribution is -2.29. The summed E-state index contributed by atoms with van der Waals surface area (Å²) in [4.78, 5) is 25.1. The largest absolute Gasteiger partial charge is 0.467 e. The van der Waals surface area contributed by atoms with Gasteiger partial charge in [-0.2, -0.15) is 0 Å². The smallest absolute Gasteiger partial charge is 0.433 e. The van der Waals surface area contributed by atoms with Crippen LogP contribution < -0.4 is 0 Å². The van der Waals surface area contributed by atoms with Gasteiger partial charge in [0.05, 0.1) is 25.4 Å². The first-order valence-electron chi connectivity index (χ1n) is 6.72. The Morgan fingerprint density at radius 2 is 2.09 bits per heavy atom. The highest BCUT2D eigenvalue weighted by atomic mass is 32.1. The summed E-state index contributed by atoms with van der Waals surface area (Å²) in [5, 5.41) is 12.6. The fourth-order valence-electron chi connectivity index (χ4n) is 2.08. The van der Waals surface area contributed by atoms with Gasteiger partial charge in [-0.25, -0.2) is 0 Å².